The molecule has 3 nitrogen and oxygen atoms in total. The van der Waals surface area contributed by atoms with E-state index in [1.54, 1.807) is 0 Å². The molecule has 4 rings (SSSR count). The van der Waals surface area contributed by atoms with E-state index in [1.165, 1.54) is 24.1 Å². The molecule has 0 N–H and O–H groups in total. The SMILES string of the molecule is Cc1ccc(-c2ncc3ccccc3n2)nc1C1CC1. The van der Waals surface area contributed by atoms with Crippen LogP contribution in [0.4, 0.5) is 0 Å². The van der Waals surface area contributed by atoms with Gasteiger partial charge < -0.3 is 0 Å². The largest absolute Gasteiger partial charge is 0.249 e. The third-order valence-corrected chi connectivity index (χ3v) is 3.82. The third kappa shape index (κ3) is 1.95. The number of aromatic nitrogens is 3. The molecule has 0 spiro atoms. The highest BCUT2D eigenvalue weighted by atomic mass is 14.9. The van der Waals surface area contributed by atoms with Crippen molar-refractivity contribution < 1.29 is 0 Å². The summed E-state index contributed by atoms with van der Waals surface area (Å²) in [7, 11) is 0. The Morgan fingerprint density at radius 2 is 1.85 bits per heavy atom. The number of benzene rings is 1. The standard InChI is InChI=1S/C17H15N3/c1-11-6-9-15(19-16(11)12-7-8-12)17-18-10-13-4-2-3-5-14(13)20-17/h2-6,9-10,12H,7-8H2,1H3. The predicted octanol–water partition coefficient (Wildman–Crippen LogP) is 3.88. The van der Waals surface area contributed by atoms with Gasteiger partial charge in [-0.2, -0.15) is 0 Å². The fraction of sp³-hybridized carbons (Fsp3) is 0.235. The molecule has 20 heavy (non-hydrogen) atoms. The van der Waals surface area contributed by atoms with Crippen molar-refractivity contribution in [3.63, 3.8) is 0 Å². The van der Waals surface area contributed by atoms with Gasteiger partial charge in [-0.25, -0.2) is 15.0 Å². The van der Waals surface area contributed by atoms with Crippen molar-refractivity contribution in [3.8, 4) is 11.5 Å². The number of nitrogens with zero attached hydrogens (tertiary/aromatic N) is 3. The first-order chi connectivity index (χ1) is 9.81. The van der Waals surface area contributed by atoms with Crippen LogP contribution in [-0.2, 0) is 0 Å². The van der Waals surface area contributed by atoms with Crippen molar-refractivity contribution in [1.82, 2.24) is 15.0 Å². The molecule has 1 aromatic carbocycles. The summed E-state index contributed by atoms with van der Waals surface area (Å²) in [6, 6.07) is 12.2. The average Bonchev–Trinajstić information content (AvgIpc) is 3.32. The molecule has 98 valence electrons. The van der Waals surface area contributed by atoms with Gasteiger partial charge in [-0.3, -0.25) is 0 Å². The second-order valence-electron chi connectivity index (χ2n) is 5.43. The van der Waals surface area contributed by atoms with Crippen LogP contribution >= 0.6 is 0 Å². The molecule has 1 fully saturated rings. The van der Waals surface area contributed by atoms with E-state index in [9.17, 15) is 0 Å². The maximum Gasteiger partial charge on any atom is 0.178 e. The zero-order valence-corrected chi connectivity index (χ0v) is 11.4. The molecule has 3 aromatic rings. The summed E-state index contributed by atoms with van der Waals surface area (Å²) < 4.78 is 0. The summed E-state index contributed by atoms with van der Waals surface area (Å²) in [5, 5.41) is 1.06. The summed E-state index contributed by atoms with van der Waals surface area (Å²) in [6.07, 6.45) is 4.39. The van der Waals surface area contributed by atoms with Crippen LogP contribution in [-0.4, -0.2) is 15.0 Å². The van der Waals surface area contributed by atoms with Crippen LogP contribution in [0.15, 0.2) is 42.6 Å². The Hall–Kier alpha value is -2.29. The average molecular weight is 261 g/mol. The Morgan fingerprint density at radius 3 is 2.70 bits per heavy atom. The molecule has 0 amide bonds. The van der Waals surface area contributed by atoms with Crippen LogP contribution in [0.2, 0.25) is 0 Å². The van der Waals surface area contributed by atoms with E-state index >= 15 is 0 Å². The summed E-state index contributed by atoms with van der Waals surface area (Å²) in [5.41, 5.74) is 4.34. The molecular weight excluding hydrogens is 246 g/mol. The van der Waals surface area contributed by atoms with E-state index < -0.39 is 0 Å². The van der Waals surface area contributed by atoms with Crippen LogP contribution in [0.3, 0.4) is 0 Å². The lowest BCUT2D eigenvalue weighted by Gasteiger charge is -2.06. The van der Waals surface area contributed by atoms with Gasteiger partial charge >= 0.3 is 0 Å². The maximum atomic E-state index is 4.79. The lowest BCUT2D eigenvalue weighted by Crippen LogP contribution is -1.97. The first-order valence-corrected chi connectivity index (χ1v) is 7.01. The molecule has 0 unspecified atom stereocenters. The molecule has 2 aromatic heterocycles. The smallest absolute Gasteiger partial charge is 0.178 e. The molecule has 1 aliphatic rings. The molecule has 0 radical (unpaired) electrons. The van der Waals surface area contributed by atoms with Gasteiger partial charge in [-0.15, -0.1) is 0 Å². The minimum absolute atomic E-state index is 0.649. The Morgan fingerprint density at radius 1 is 1.00 bits per heavy atom. The number of para-hydroxylation sites is 1. The van der Waals surface area contributed by atoms with Crippen molar-refractivity contribution in [2.75, 3.05) is 0 Å². The fourth-order valence-corrected chi connectivity index (χ4v) is 2.53. The number of rotatable bonds is 2. The van der Waals surface area contributed by atoms with Gasteiger partial charge in [-0.1, -0.05) is 24.3 Å². The lowest BCUT2D eigenvalue weighted by molar-refractivity contribution is 0.991. The second kappa shape index (κ2) is 4.37. The molecule has 2 heterocycles. The first kappa shape index (κ1) is 11.5. The highest BCUT2D eigenvalue weighted by molar-refractivity contribution is 5.79. The van der Waals surface area contributed by atoms with Gasteiger partial charge in [0.05, 0.1) is 5.52 Å². The Bertz CT molecular complexity index is 791. The van der Waals surface area contributed by atoms with E-state index in [1.807, 2.05) is 36.5 Å². The number of aryl methyl sites for hydroxylation is 1. The van der Waals surface area contributed by atoms with Crippen molar-refractivity contribution in [1.29, 1.82) is 0 Å². The van der Waals surface area contributed by atoms with Crippen molar-refractivity contribution in [2.24, 2.45) is 0 Å². The Labute approximate surface area is 117 Å². The minimum Gasteiger partial charge on any atom is -0.249 e. The normalized spacial score (nSPS) is 14.7. The van der Waals surface area contributed by atoms with Gasteiger partial charge in [0.2, 0.25) is 0 Å². The number of hydrogen-bond donors (Lipinski definition) is 0. The maximum absolute atomic E-state index is 4.79. The van der Waals surface area contributed by atoms with E-state index in [4.69, 9.17) is 4.98 Å². The summed E-state index contributed by atoms with van der Waals surface area (Å²) in [4.78, 5) is 13.9. The van der Waals surface area contributed by atoms with Gasteiger partial charge in [0.1, 0.15) is 5.69 Å². The highest BCUT2D eigenvalue weighted by Gasteiger charge is 2.27. The lowest BCUT2D eigenvalue weighted by atomic mass is 10.1. The molecule has 0 bridgehead atoms. The van der Waals surface area contributed by atoms with E-state index in [0.717, 1.165) is 16.6 Å². The van der Waals surface area contributed by atoms with E-state index in [0.29, 0.717) is 11.7 Å². The summed E-state index contributed by atoms with van der Waals surface area (Å²) in [5.74, 6) is 1.36. The van der Waals surface area contributed by atoms with E-state index in [-0.39, 0.29) is 0 Å². The predicted molar refractivity (Wildman–Crippen MR) is 79.5 cm³/mol. The number of fused-ring (bicyclic) bond motifs is 1. The van der Waals surface area contributed by atoms with Crippen LogP contribution in [0.1, 0.15) is 30.0 Å². The van der Waals surface area contributed by atoms with Crippen molar-refractivity contribution in [3.05, 3.63) is 53.9 Å². The quantitative estimate of drug-likeness (QED) is 0.702. The zero-order valence-electron chi connectivity index (χ0n) is 11.4. The van der Waals surface area contributed by atoms with Gasteiger partial charge in [0.15, 0.2) is 5.82 Å². The first-order valence-electron chi connectivity index (χ1n) is 7.01. The van der Waals surface area contributed by atoms with Crippen LogP contribution in [0, 0.1) is 6.92 Å². The number of pyridine rings is 1. The van der Waals surface area contributed by atoms with Gasteiger partial charge in [-0.05, 0) is 37.5 Å². The molecule has 0 atom stereocenters. The fourth-order valence-electron chi connectivity index (χ4n) is 2.53. The number of hydrogen-bond acceptors (Lipinski definition) is 3. The van der Waals surface area contributed by atoms with Crippen LogP contribution in [0.25, 0.3) is 22.4 Å². The zero-order chi connectivity index (χ0) is 13.5. The molecule has 3 heteroatoms. The summed E-state index contributed by atoms with van der Waals surface area (Å²) in [6.45, 7) is 2.13. The van der Waals surface area contributed by atoms with Gasteiger partial charge in [0.25, 0.3) is 0 Å². The molecular formula is C17H15N3. The monoisotopic (exact) mass is 261 g/mol. The third-order valence-electron chi connectivity index (χ3n) is 3.82. The van der Waals surface area contributed by atoms with Crippen LogP contribution < -0.4 is 0 Å². The minimum atomic E-state index is 0.649. The Kier molecular flexibility index (Phi) is 2.52. The Balaban J connectivity index is 1.83. The van der Waals surface area contributed by atoms with Crippen LogP contribution in [0.5, 0.6) is 0 Å². The van der Waals surface area contributed by atoms with Crippen molar-refractivity contribution >= 4 is 10.9 Å². The second-order valence-corrected chi connectivity index (χ2v) is 5.43. The highest BCUT2D eigenvalue weighted by Crippen LogP contribution is 2.40. The molecule has 0 aliphatic heterocycles. The van der Waals surface area contributed by atoms with Crippen molar-refractivity contribution in [2.45, 2.75) is 25.7 Å². The summed E-state index contributed by atoms with van der Waals surface area (Å²) >= 11 is 0. The van der Waals surface area contributed by atoms with E-state index in [2.05, 4.69) is 23.0 Å². The topological polar surface area (TPSA) is 38.7 Å². The molecule has 1 aliphatic carbocycles. The van der Waals surface area contributed by atoms with Gasteiger partial charge in [0, 0.05) is 23.2 Å². The molecule has 0 saturated heterocycles. The molecule has 1 saturated carbocycles.